The topological polar surface area (TPSA) is 59.0 Å². The molecule has 2 N–H and O–H groups in total. The third-order valence-electron chi connectivity index (χ3n) is 3.27. The maximum Gasteiger partial charge on any atom is 0.233 e. The standard InChI is InChI=1S/C14H26N4O/c1-9(2)7-16-13(19)8-15-10(3)14-11(4)17-18(6)12(14)5/h9-10,15H,7-8H2,1-6H3,(H,16,19). The summed E-state index contributed by atoms with van der Waals surface area (Å²) in [5.41, 5.74) is 3.34. The van der Waals surface area contributed by atoms with Crippen LogP contribution in [-0.2, 0) is 11.8 Å². The first-order chi connectivity index (χ1) is 8.82. The largest absolute Gasteiger partial charge is 0.355 e. The smallest absolute Gasteiger partial charge is 0.233 e. The number of aryl methyl sites for hydroxylation is 2. The van der Waals surface area contributed by atoms with Crippen molar-refractivity contribution in [3.63, 3.8) is 0 Å². The van der Waals surface area contributed by atoms with Crippen molar-refractivity contribution in [2.75, 3.05) is 13.1 Å². The van der Waals surface area contributed by atoms with Gasteiger partial charge in [0.05, 0.1) is 12.2 Å². The van der Waals surface area contributed by atoms with Crippen LogP contribution in [0, 0.1) is 19.8 Å². The third-order valence-corrected chi connectivity index (χ3v) is 3.27. The Bertz CT molecular complexity index is 437. The van der Waals surface area contributed by atoms with Crippen LogP contribution in [0.5, 0.6) is 0 Å². The second-order valence-corrected chi connectivity index (χ2v) is 5.51. The highest BCUT2D eigenvalue weighted by Crippen LogP contribution is 2.20. The van der Waals surface area contributed by atoms with Gasteiger partial charge in [-0.3, -0.25) is 9.48 Å². The number of nitrogens with zero attached hydrogens (tertiary/aromatic N) is 2. The van der Waals surface area contributed by atoms with Gasteiger partial charge in [0, 0.05) is 30.9 Å². The van der Waals surface area contributed by atoms with E-state index in [1.807, 2.05) is 25.6 Å². The molecule has 0 aliphatic carbocycles. The molecule has 0 saturated carbocycles. The molecule has 1 rings (SSSR count). The van der Waals surface area contributed by atoms with Crippen molar-refractivity contribution < 1.29 is 4.79 Å². The zero-order chi connectivity index (χ0) is 14.6. The molecule has 0 fully saturated rings. The fraction of sp³-hybridized carbons (Fsp3) is 0.714. The van der Waals surface area contributed by atoms with Crippen LogP contribution in [0.3, 0.4) is 0 Å². The molecule has 0 spiro atoms. The average Bonchev–Trinajstić information content (AvgIpc) is 2.58. The summed E-state index contributed by atoms with van der Waals surface area (Å²) in [7, 11) is 1.94. The quantitative estimate of drug-likeness (QED) is 0.819. The van der Waals surface area contributed by atoms with Crippen molar-refractivity contribution in [2.24, 2.45) is 13.0 Å². The van der Waals surface area contributed by atoms with Gasteiger partial charge in [0.15, 0.2) is 0 Å². The van der Waals surface area contributed by atoms with Crippen molar-refractivity contribution in [1.82, 2.24) is 20.4 Å². The van der Waals surface area contributed by atoms with E-state index in [4.69, 9.17) is 0 Å². The minimum Gasteiger partial charge on any atom is -0.355 e. The Morgan fingerprint density at radius 3 is 2.42 bits per heavy atom. The molecule has 1 unspecified atom stereocenters. The van der Waals surface area contributed by atoms with E-state index >= 15 is 0 Å². The predicted molar refractivity (Wildman–Crippen MR) is 76.9 cm³/mol. The molecule has 0 aromatic carbocycles. The van der Waals surface area contributed by atoms with Gasteiger partial charge in [0.2, 0.25) is 5.91 Å². The molecule has 108 valence electrons. The summed E-state index contributed by atoms with van der Waals surface area (Å²) in [6.07, 6.45) is 0. The molecule has 0 aliphatic rings. The van der Waals surface area contributed by atoms with Crippen molar-refractivity contribution in [2.45, 2.75) is 40.7 Å². The van der Waals surface area contributed by atoms with E-state index in [-0.39, 0.29) is 11.9 Å². The van der Waals surface area contributed by atoms with E-state index in [1.54, 1.807) is 0 Å². The highest BCUT2D eigenvalue weighted by Gasteiger charge is 2.16. The van der Waals surface area contributed by atoms with Crippen LogP contribution in [0.1, 0.15) is 43.8 Å². The number of carbonyl (C=O) groups is 1. The summed E-state index contributed by atoms with van der Waals surface area (Å²) < 4.78 is 1.88. The fourth-order valence-corrected chi connectivity index (χ4v) is 2.14. The Morgan fingerprint density at radius 2 is 1.95 bits per heavy atom. The molecule has 5 heteroatoms. The van der Waals surface area contributed by atoms with Crippen LogP contribution in [0.2, 0.25) is 0 Å². The van der Waals surface area contributed by atoms with E-state index in [1.165, 1.54) is 5.56 Å². The van der Waals surface area contributed by atoms with Crippen molar-refractivity contribution in [3.05, 3.63) is 17.0 Å². The van der Waals surface area contributed by atoms with E-state index in [2.05, 4.69) is 36.5 Å². The van der Waals surface area contributed by atoms with Gasteiger partial charge in [0.1, 0.15) is 0 Å². The van der Waals surface area contributed by atoms with Gasteiger partial charge < -0.3 is 10.6 Å². The van der Waals surface area contributed by atoms with E-state index in [0.29, 0.717) is 12.5 Å². The molecule has 0 bridgehead atoms. The Hall–Kier alpha value is -1.36. The lowest BCUT2D eigenvalue weighted by Crippen LogP contribution is -2.36. The van der Waals surface area contributed by atoms with E-state index < -0.39 is 0 Å². The summed E-state index contributed by atoms with van der Waals surface area (Å²) in [6.45, 7) is 11.3. The molecule has 5 nitrogen and oxygen atoms in total. The Labute approximate surface area is 115 Å². The first-order valence-electron chi connectivity index (χ1n) is 6.83. The molecule has 0 aliphatic heterocycles. The van der Waals surface area contributed by atoms with Crippen LogP contribution in [0.25, 0.3) is 0 Å². The zero-order valence-electron chi connectivity index (χ0n) is 12.9. The first-order valence-corrected chi connectivity index (χ1v) is 6.83. The summed E-state index contributed by atoms with van der Waals surface area (Å²) in [6, 6.07) is 0.124. The van der Waals surface area contributed by atoms with Crippen molar-refractivity contribution in [1.29, 1.82) is 0 Å². The minimum atomic E-state index is 0.0414. The van der Waals surface area contributed by atoms with Crippen LogP contribution in [-0.4, -0.2) is 28.8 Å². The summed E-state index contributed by atoms with van der Waals surface area (Å²) in [5.74, 6) is 0.518. The molecule has 1 atom stereocenters. The lowest BCUT2D eigenvalue weighted by atomic mass is 10.1. The van der Waals surface area contributed by atoms with Gasteiger partial charge in [-0.05, 0) is 26.7 Å². The maximum atomic E-state index is 11.7. The number of amides is 1. The fourth-order valence-electron chi connectivity index (χ4n) is 2.14. The normalized spacial score (nSPS) is 12.8. The number of aromatic nitrogens is 2. The number of hydrogen-bond donors (Lipinski definition) is 2. The summed E-state index contributed by atoms with van der Waals surface area (Å²) in [4.78, 5) is 11.7. The summed E-state index contributed by atoms with van der Waals surface area (Å²) in [5, 5.41) is 10.5. The minimum absolute atomic E-state index is 0.0414. The lowest BCUT2D eigenvalue weighted by molar-refractivity contribution is -0.120. The highest BCUT2D eigenvalue weighted by molar-refractivity contribution is 5.78. The summed E-state index contributed by atoms with van der Waals surface area (Å²) >= 11 is 0. The monoisotopic (exact) mass is 266 g/mol. The molecule has 0 saturated heterocycles. The predicted octanol–water partition coefficient (Wildman–Crippen LogP) is 1.46. The van der Waals surface area contributed by atoms with Gasteiger partial charge >= 0.3 is 0 Å². The van der Waals surface area contributed by atoms with E-state index in [9.17, 15) is 4.79 Å². The second kappa shape index (κ2) is 6.70. The second-order valence-electron chi connectivity index (χ2n) is 5.51. The van der Waals surface area contributed by atoms with Crippen molar-refractivity contribution in [3.8, 4) is 0 Å². The molecule has 19 heavy (non-hydrogen) atoms. The molecule has 0 radical (unpaired) electrons. The highest BCUT2D eigenvalue weighted by atomic mass is 16.1. The van der Waals surface area contributed by atoms with Gasteiger partial charge in [-0.25, -0.2) is 0 Å². The van der Waals surface area contributed by atoms with Crippen molar-refractivity contribution >= 4 is 5.91 Å². The first kappa shape index (κ1) is 15.7. The lowest BCUT2D eigenvalue weighted by Gasteiger charge is -2.15. The van der Waals surface area contributed by atoms with Crippen LogP contribution in [0.15, 0.2) is 0 Å². The Morgan fingerprint density at radius 1 is 1.32 bits per heavy atom. The molecular formula is C14H26N4O. The molecule has 1 amide bonds. The van der Waals surface area contributed by atoms with Gasteiger partial charge in [-0.2, -0.15) is 5.10 Å². The van der Waals surface area contributed by atoms with E-state index in [0.717, 1.165) is 17.9 Å². The number of hydrogen-bond acceptors (Lipinski definition) is 3. The number of rotatable bonds is 6. The molecule has 1 aromatic heterocycles. The van der Waals surface area contributed by atoms with Gasteiger partial charge in [-0.1, -0.05) is 13.8 Å². The Kier molecular flexibility index (Phi) is 5.54. The zero-order valence-corrected chi connectivity index (χ0v) is 12.9. The number of nitrogens with one attached hydrogen (secondary N) is 2. The van der Waals surface area contributed by atoms with Gasteiger partial charge in [0.25, 0.3) is 0 Å². The van der Waals surface area contributed by atoms with Gasteiger partial charge in [-0.15, -0.1) is 0 Å². The molecule has 1 heterocycles. The third kappa shape index (κ3) is 4.35. The SMILES string of the molecule is Cc1nn(C)c(C)c1C(C)NCC(=O)NCC(C)C. The average molecular weight is 266 g/mol. The van der Waals surface area contributed by atoms with Crippen LogP contribution < -0.4 is 10.6 Å². The molecule has 1 aromatic rings. The van der Waals surface area contributed by atoms with Crippen LogP contribution in [0.4, 0.5) is 0 Å². The number of carbonyl (C=O) groups excluding carboxylic acids is 1. The Balaban J connectivity index is 2.51. The molecular weight excluding hydrogens is 240 g/mol. The van der Waals surface area contributed by atoms with Crippen LogP contribution >= 0.6 is 0 Å². The maximum absolute atomic E-state index is 11.7.